The predicted octanol–water partition coefficient (Wildman–Crippen LogP) is 3.21. The van der Waals surface area contributed by atoms with Gasteiger partial charge >= 0.3 is 0 Å². The first-order chi connectivity index (χ1) is 9.47. The molecule has 2 aromatic rings. The van der Waals surface area contributed by atoms with E-state index in [1.807, 2.05) is 38.1 Å². The molecule has 3 N–H and O–H groups in total. The summed E-state index contributed by atoms with van der Waals surface area (Å²) in [6, 6.07) is 11.7. The van der Waals surface area contributed by atoms with Crippen LogP contribution in [0.3, 0.4) is 0 Å². The maximum absolute atomic E-state index is 13.7. The molecule has 0 bridgehead atoms. The molecule has 0 aliphatic heterocycles. The SMILES string of the molecule is Cc1ccc([C@H](C)NC(=O)c2ccc(N)cc2F)cc1. The van der Waals surface area contributed by atoms with Crippen molar-refractivity contribution in [1.82, 2.24) is 5.32 Å². The van der Waals surface area contributed by atoms with E-state index in [4.69, 9.17) is 5.73 Å². The molecule has 0 saturated carbocycles. The molecule has 0 aromatic heterocycles. The zero-order valence-corrected chi connectivity index (χ0v) is 11.5. The molecular weight excluding hydrogens is 255 g/mol. The first kappa shape index (κ1) is 14.1. The first-order valence-corrected chi connectivity index (χ1v) is 6.40. The van der Waals surface area contributed by atoms with E-state index in [0.717, 1.165) is 17.2 Å². The fourth-order valence-corrected chi connectivity index (χ4v) is 1.93. The zero-order chi connectivity index (χ0) is 14.7. The highest BCUT2D eigenvalue weighted by molar-refractivity contribution is 5.95. The maximum Gasteiger partial charge on any atom is 0.254 e. The number of hydrogen-bond acceptors (Lipinski definition) is 2. The Morgan fingerprint density at radius 2 is 1.85 bits per heavy atom. The number of carbonyl (C=O) groups is 1. The fourth-order valence-electron chi connectivity index (χ4n) is 1.93. The smallest absolute Gasteiger partial charge is 0.254 e. The molecule has 1 atom stereocenters. The number of nitrogens with one attached hydrogen (secondary N) is 1. The van der Waals surface area contributed by atoms with Crippen molar-refractivity contribution in [3.8, 4) is 0 Å². The molecule has 0 unspecified atom stereocenters. The molecule has 2 rings (SSSR count). The fraction of sp³-hybridized carbons (Fsp3) is 0.188. The van der Waals surface area contributed by atoms with Gasteiger partial charge < -0.3 is 11.1 Å². The summed E-state index contributed by atoms with van der Waals surface area (Å²) in [4.78, 5) is 12.0. The summed E-state index contributed by atoms with van der Waals surface area (Å²) in [5.74, 6) is -1.06. The Labute approximate surface area is 117 Å². The van der Waals surface area contributed by atoms with Crippen LogP contribution >= 0.6 is 0 Å². The van der Waals surface area contributed by atoms with Gasteiger partial charge in [-0.2, -0.15) is 0 Å². The Kier molecular flexibility index (Phi) is 4.03. The number of rotatable bonds is 3. The number of aryl methyl sites for hydroxylation is 1. The highest BCUT2D eigenvalue weighted by atomic mass is 19.1. The summed E-state index contributed by atoms with van der Waals surface area (Å²) in [6.07, 6.45) is 0. The molecule has 0 fully saturated rings. The standard InChI is InChI=1S/C16H17FN2O/c1-10-3-5-12(6-4-10)11(2)19-16(20)14-8-7-13(18)9-15(14)17/h3-9,11H,18H2,1-2H3,(H,19,20)/t11-/m0/s1. The van der Waals surface area contributed by atoms with Crippen LogP contribution < -0.4 is 11.1 Å². The normalized spacial score (nSPS) is 11.9. The van der Waals surface area contributed by atoms with Crippen molar-refractivity contribution >= 4 is 11.6 Å². The van der Waals surface area contributed by atoms with Gasteiger partial charge in [0.1, 0.15) is 5.82 Å². The molecule has 104 valence electrons. The summed E-state index contributed by atoms with van der Waals surface area (Å²) in [5, 5.41) is 2.77. The second kappa shape index (κ2) is 5.74. The van der Waals surface area contributed by atoms with Gasteiger partial charge in [-0.15, -0.1) is 0 Å². The maximum atomic E-state index is 13.7. The van der Waals surface area contributed by atoms with Gasteiger partial charge in [-0.3, -0.25) is 4.79 Å². The van der Waals surface area contributed by atoms with E-state index in [9.17, 15) is 9.18 Å². The topological polar surface area (TPSA) is 55.1 Å². The predicted molar refractivity (Wildman–Crippen MR) is 77.9 cm³/mol. The molecule has 2 aromatic carbocycles. The lowest BCUT2D eigenvalue weighted by atomic mass is 10.1. The number of nitrogens with two attached hydrogens (primary N) is 1. The van der Waals surface area contributed by atoms with Crippen molar-refractivity contribution in [3.63, 3.8) is 0 Å². The average Bonchev–Trinajstić information content (AvgIpc) is 2.39. The lowest BCUT2D eigenvalue weighted by molar-refractivity contribution is 0.0936. The Morgan fingerprint density at radius 1 is 1.20 bits per heavy atom. The van der Waals surface area contributed by atoms with Crippen LogP contribution in [0.25, 0.3) is 0 Å². The summed E-state index contributed by atoms with van der Waals surface area (Å²) >= 11 is 0. The monoisotopic (exact) mass is 272 g/mol. The highest BCUT2D eigenvalue weighted by Gasteiger charge is 2.15. The van der Waals surface area contributed by atoms with Gasteiger partial charge in [-0.05, 0) is 37.6 Å². The van der Waals surface area contributed by atoms with Crippen molar-refractivity contribution in [3.05, 3.63) is 65.0 Å². The molecular formula is C16H17FN2O. The second-order valence-electron chi connectivity index (χ2n) is 4.85. The Bertz CT molecular complexity index is 623. The van der Waals surface area contributed by atoms with E-state index in [-0.39, 0.29) is 11.6 Å². The lowest BCUT2D eigenvalue weighted by Gasteiger charge is -2.15. The number of amides is 1. The van der Waals surface area contributed by atoms with E-state index < -0.39 is 11.7 Å². The second-order valence-corrected chi connectivity index (χ2v) is 4.85. The molecule has 3 nitrogen and oxygen atoms in total. The van der Waals surface area contributed by atoms with Gasteiger partial charge in [0.15, 0.2) is 0 Å². The van der Waals surface area contributed by atoms with Crippen molar-refractivity contribution in [1.29, 1.82) is 0 Å². The molecule has 0 aliphatic carbocycles. The minimum Gasteiger partial charge on any atom is -0.399 e. The number of hydrogen-bond donors (Lipinski definition) is 2. The van der Waals surface area contributed by atoms with Gasteiger partial charge in [-0.25, -0.2) is 4.39 Å². The largest absolute Gasteiger partial charge is 0.399 e. The molecule has 0 saturated heterocycles. The van der Waals surface area contributed by atoms with Gasteiger partial charge in [0.05, 0.1) is 11.6 Å². The quantitative estimate of drug-likeness (QED) is 0.843. The lowest BCUT2D eigenvalue weighted by Crippen LogP contribution is -2.27. The first-order valence-electron chi connectivity index (χ1n) is 6.40. The van der Waals surface area contributed by atoms with Crippen LogP contribution in [0.2, 0.25) is 0 Å². The molecule has 0 aliphatic rings. The molecule has 0 radical (unpaired) electrons. The Hall–Kier alpha value is -2.36. The Balaban J connectivity index is 2.13. The van der Waals surface area contributed by atoms with Gasteiger partial charge in [-0.1, -0.05) is 29.8 Å². The molecule has 20 heavy (non-hydrogen) atoms. The minimum atomic E-state index is -0.612. The average molecular weight is 272 g/mol. The van der Waals surface area contributed by atoms with E-state index in [2.05, 4.69) is 5.32 Å². The van der Waals surface area contributed by atoms with Crippen LogP contribution in [0.5, 0.6) is 0 Å². The number of benzene rings is 2. The molecule has 0 heterocycles. The number of anilines is 1. The van der Waals surface area contributed by atoms with Crippen LogP contribution in [-0.4, -0.2) is 5.91 Å². The van der Waals surface area contributed by atoms with Crippen LogP contribution in [0.4, 0.5) is 10.1 Å². The van der Waals surface area contributed by atoms with Crippen molar-refractivity contribution < 1.29 is 9.18 Å². The summed E-state index contributed by atoms with van der Waals surface area (Å²) in [7, 11) is 0. The van der Waals surface area contributed by atoms with Crippen LogP contribution in [-0.2, 0) is 0 Å². The van der Waals surface area contributed by atoms with Crippen LogP contribution in [0.15, 0.2) is 42.5 Å². The number of nitrogen functional groups attached to an aromatic ring is 1. The zero-order valence-electron chi connectivity index (χ0n) is 11.5. The van der Waals surface area contributed by atoms with Crippen molar-refractivity contribution in [2.75, 3.05) is 5.73 Å². The van der Waals surface area contributed by atoms with Gasteiger partial charge in [0.2, 0.25) is 0 Å². The van der Waals surface area contributed by atoms with Crippen molar-refractivity contribution in [2.45, 2.75) is 19.9 Å². The van der Waals surface area contributed by atoms with Crippen LogP contribution in [0.1, 0.15) is 34.5 Å². The molecule has 4 heteroatoms. The number of halogens is 1. The summed E-state index contributed by atoms with van der Waals surface area (Å²) in [5.41, 5.74) is 7.88. The third kappa shape index (κ3) is 3.15. The Morgan fingerprint density at radius 3 is 2.45 bits per heavy atom. The van der Waals surface area contributed by atoms with Crippen molar-refractivity contribution in [2.24, 2.45) is 0 Å². The minimum absolute atomic E-state index is 0.00170. The van der Waals surface area contributed by atoms with E-state index >= 15 is 0 Å². The highest BCUT2D eigenvalue weighted by Crippen LogP contribution is 2.16. The third-order valence-corrected chi connectivity index (χ3v) is 3.16. The van der Waals surface area contributed by atoms with E-state index in [0.29, 0.717) is 5.69 Å². The van der Waals surface area contributed by atoms with Gasteiger partial charge in [0.25, 0.3) is 5.91 Å². The van der Waals surface area contributed by atoms with E-state index in [1.165, 1.54) is 12.1 Å². The van der Waals surface area contributed by atoms with Crippen LogP contribution in [0, 0.1) is 12.7 Å². The molecule has 1 amide bonds. The summed E-state index contributed by atoms with van der Waals surface area (Å²) < 4.78 is 13.7. The number of carbonyl (C=O) groups excluding carboxylic acids is 1. The van der Waals surface area contributed by atoms with Gasteiger partial charge in [0, 0.05) is 5.69 Å². The summed E-state index contributed by atoms with van der Waals surface area (Å²) in [6.45, 7) is 3.86. The van der Waals surface area contributed by atoms with E-state index in [1.54, 1.807) is 0 Å². The molecule has 0 spiro atoms. The third-order valence-electron chi connectivity index (χ3n) is 3.16.